The van der Waals surface area contributed by atoms with Crippen molar-refractivity contribution in [1.82, 2.24) is 10.2 Å². The van der Waals surface area contributed by atoms with E-state index in [2.05, 4.69) is 36.3 Å². The second kappa shape index (κ2) is 6.38. The molecule has 2 rings (SSSR count). The quantitative estimate of drug-likeness (QED) is 0.825. The van der Waals surface area contributed by atoms with E-state index >= 15 is 0 Å². The smallest absolute Gasteiger partial charge is 0.110 e. The Morgan fingerprint density at radius 3 is 2.60 bits per heavy atom. The van der Waals surface area contributed by atoms with Crippen LogP contribution in [0.2, 0.25) is 0 Å². The Morgan fingerprint density at radius 1 is 1.35 bits per heavy atom. The highest BCUT2D eigenvalue weighted by molar-refractivity contribution is 5.76. The van der Waals surface area contributed by atoms with Gasteiger partial charge in [-0.1, -0.05) is 51.2 Å². The zero-order valence-corrected chi connectivity index (χ0v) is 12.0. The van der Waals surface area contributed by atoms with Crippen LogP contribution in [0.3, 0.4) is 0 Å². The van der Waals surface area contributed by atoms with E-state index in [-0.39, 0.29) is 0 Å². The van der Waals surface area contributed by atoms with E-state index in [1.165, 1.54) is 12.8 Å². The number of aromatic amines is 1. The molecular formula is C17H21N3. The summed E-state index contributed by atoms with van der Waals surface area (Å²) >= 11 is 0. The van der Waals surface area contributed by atoms with Crippen molar-refractivity contribution >= 4 is 5.57 Å². The SMILES string of the molecule is C=C/C=C(\C=C)c1n[nH]c(C2CCC(C)CC2)c1C#N. The first-order chi connectivity index (χ1) is 9.71. The fraction of sp³-hybridized carbons (Fsp3) is 0.412. The number of hydrogen-bond acceptors (Lipinski definition) is 2. The van der Waals surface area contributed by atoms with Crippen molar-refractivity contribution < 1.29 is 0 Å². The first-order valence-electron chi connectivity index (χ1n) is 7.15. The maximum atomic E-state index is 9.49. The van der Waals surface area contributed by atoms with Crippen LogP contribution in [0.1, 0.15) is 55.5 Å². The Balaban J connectivity index is 2.35. The van der Waals surface area contributed by atoms with E-state index in [0.29, 0.717) is 17.2 Å². The first-order valence-corrected chi connectivity index (χ1v) is 7.15. The molecule has 0 amide bonds. The molecule has 0 aromatic carbocycles. The lowest BCUT2D eigenvalue weighted by atomic mass is 9.80. The summed E-state index contributed by atoms with van der Waals surface area (Å²) in [5.74, 6) is 1.22. The minimum atomic E-state index is 0.428. The molecule has 1 saturated carbocycles. The van der Waals surface area contributed by atoms with E-state index in [0.717, 1.165) is 30.0 Å². The van der Waals surface area contributed by atoms with Crippen LogP contribution in [0.4, 0.5) is 0 Å². The van der Waals surface area contributed by atoms with E-state index in [9.17, 15) is 5.26 Å². The average Bonchev–Trinajstić information content (AvgIpc) is 2.89. The van der Waals surface area contributed by atoms with Crippen molar-refractivity contribution in [3.63, 3.8) is 0 Å². The Morgan fingerprint density at radius 2 is 2.05 bits per heavy atom. The molecule has 0 spiro atoms. The molecule has 1 heterocycles. The summed E-state index contributed by atoms with van der Waals surface area (Å²) in [5.41, 5.74) is 3.18. The molecular weight excluding hydrogens is 246 g/mol. The molecule has 1 N–H and O–H groups in total. The standard InChI is InChI=1S/C17H21N3/c1-4-6-13(5-2)16-15(11-18)17(20-19-16)14-9-7-12(3)8-10-14/h4-6,12,14H,1-2,7-10H2,3H3,(H,19,20)/b13-6+. The van der Waals surface area contributed by atoms with Crippen molar-refractivity contribution in [2.24, 2.45) is 5.92 Å². The lowest BCUT2D eigenvalue weighted by Gasteiger charge is -2.25. The number of aromatic nitrogens is 2. The minimum Gasteiger partial charge on any atom is -0.280 e. The summed E-state index contributed by atoms with van der Waals surface area (Å²) < 4.78 is 0. The van der Waals surface area contributed by atoms with Gasteiger partial charge in [-0.05, 0) is 18.8 Å². The fourth-order valence-corrected chi connectivity index (χ4v) is 2.89. The van der Waals surface area contributed by atoms with Crippen LogP contribution in [-0.2, 0) is 0 Å². The third-order valence-electron chi connectivity index (χ3n) is 4.12. The summed E-state index contributed by atoms with van der Waals surface area (Å²) in [6.07, 6.45) is 9.94. The molecule has 1 fully saturated rings. The summed E-state index contributed by atoms with van der Waals surface area (Å²) in [6, 6.07) is 2.31. The third-order valence-corrected chi connectivity index (χ3v) is 4.12. The van der Waals surface area contributed by atoms with Crippen molar-refractivity contribution in [3.05, 3.63) is 48.3 Å². The van der Waals surface area contributed by atoms with E-state index in [1.54, 1.807) is 12.2 Å². The van der Waals surface area contributed by atoms with Crippen LogP contribution >= 0.6 is 0 Å². The van der Waals surface area contributed by atoms with E-state index < -0.39 is 0 Å². The molecule has 1 aromatic rings. The highest BCUT2D eigenvalue weighted by Crippen LogP contribution is 2.37. The van der Waals surface area contributed by atoms with Crippen molar-refractivity contribution in [1.29, 1.82) is 5.26 Å². The Hall–Kier alpha value is -2.08. The summed E-state index contributed by atoms with van der Waals surface area (Å²) in [4.78, 5) is 0. The highest BCUT2D eigenvalue weighted by Gasteiger charge is 2.25. The van der Waals surface area contributed by atoms with Gasteiger partial charge in [0.05, 0.1) is 5.69 Å². The Bertz CT molecular complexity index is 564. The van der Waals surface area contributed by atoms with Gasteiger partial charge in [-0.3, -0.25) is 5.10 Å². The van der Waals surface area contributed by atoms with Crippen LogP contribution in [-0.4, -0.2) is 10.2 Å². The summed E-state index contributed by atoms with van der Waals surface area (Å²) in [6.45, 7) is 9.77. The lowest BCUT2D eigenvalue weighted by Crippen LogP contribution is -2.12. The minimum absolute atomic E-state index is 0.428. The fourth-order valence-electron chi connectivity index (χ4n) is 2.89. The van der Waals surface area contributed by atoms with Crippen LogP contribution in [0.5, 0.6) is 0 Å². The maximum absolute atomic E-state index is 9.49. The molecule has 0 atom stereocenters. The van der Waals surface area contributed by atoms with Crippen molar-refractivity contribution in [2.45, 2.75) is 38.5 Å². The van der Waals surface area contributed by atoms with Gasteiger partial charge in [0.15, 0.2) is 0 Å². The van der Waals surface area contributed by atoms with Gasteiger partial charge < -0.3 is 0 Å². The Labute approximate surface area is 120 Å². The molecule has 0 aliphatic heterocycles. The number of H-pyrrole nitrogens is 1. The number of nitrogens with one attached hydrogen (secondary N) is 1. The third kappa shape index (κ3) is 2.75. The van der Waals surface area contributed by atoms with Crippen molar-refractivity contribution in [3.8, 4) is 6.07 Å². The highest BCUT2D eigenvalue weighted by atomic mass is 15.1. The zero-order valence-electron chi connectivity index (χ0n) is 12.0. The topological polar surface area (TPSA) is 52.5 Å². The van der Waals surface area contributed by atoms with Gasteiger partial charge in [-0.25, -0.2) is 0 Å². The number of allylic oxidation sites excluding steroid dienone is 4. The molecule has 20 heavy (non-hydrogen) atoms. The second-order valence-corrected chi connectivity index (χ2v) is 5.49. The number of rotatable bonds is 4. The van der Waals surface area contributed by atoms with E-state index in [1.807, 2.05) is 6.08 Å². The van der Waals surface area contributed by atoms with Crippen LogP contribution < -0.4 is 0 Å². The normalized spacial score (nSPS) is 23.1. The van der Waals surface area contributed by atoms with Gasteiger partial charge >= 0.3 is 0 Å². The molecule has 1 aliphatic rings. The molecule has 3 nitrogen and oxygen atoms in total. The molecule has 0 radical (unpaired) electrons. The molecule has 104 valence electrons. The second-order valence-electron chi connectivity index (χ2n) is 5.49. The zero-order chi connectivity index (χ0) is 14.5. The van der Waals surface area contributed by atoms with Gasteiger partial charge in [0.1, 0.15) is 17.3 Å². The van der Waals surface area contributed by atoms with E-state index in [4.69, 9.17) is 0 Å². The van der Waals surface area contributed by atoms with Gasteiger partial charge in [0.25, 0.3) is 0 Å². The molecule has 0 unspecified atom stereocenters. The molecule has 1 aromatic heterocycles. The predicted octanol–water partition coefficient (Wildman–Crippen LogP) is 4.33. The molecule has 0 bridgehead atoms. The summed E-state index contributed by atoms with van der Waals surface area (Å²) in [5, 5.41) is 16.9. The van der Waals surface area contributed by atoms with Gasteiger partial charge in [0, 0.05) is 11.5 Å². The van der Waals surface area contributed by atoms with Crippen molar-refractivity contribution in [2.75, 3.05) is 0 Å². The van der Waals surface area contributed by atoms with Gasteiger partial charge in [-0.2, -0.15) is 10.4 Å². The predicted molar refractivity (Wildman–Crippen MR) is 82.0 cm³/mol. The van der Waals surface area contributed by atoms with Gasteiger partial charge in [-0.15, -0.1) is 0 Å². The number of nitriles is 1. The number of nitrogens with zero attached hydrogens (tertiary/aromatic N) is 2. The molecule has 1 aliphatic carbocycles. The van der Waals surface area contributed by atoms with Crippen LogP contribution in [0.25, 0.3) is 5.57 Å². The van der Waals surface area contributed by atoms with Crippen LogP contribution in [0, 0.1) is 17.2 Å². The average molecular weight is 267 g/mol. The number of hydrogen-bond donors (Lipinski definition) is 1. The van der Waals surface area contributed by atoms with Crippen LogP contribution in [0.15, 0.2) is 31.4 Å². The van der Waals surface area contributed by atoms with Gasteiger partial charge in [0.2, 0.25) is 0 Å². The monoisotopic (exact) mass is 267 g/mol. The first kappa shape index (κ1) is 14.3. The molecule has 0 saturated heterocycles. The Kier molecular flexibility index (Phi) is 4.57. The molecule has 3 heteroatoms. The largest absolute Gasteiger partial charge is 0.280 e. The summed E-state index contributed by atoms with van der Waals surface area (Å²) in [7, 11) is 0. The maximum Gasteiger partial charge on any atom is 0.110 e. The lowest BCUT2D eigenvalue weighted by molar-refractivity contribution is 0.343.